The Kier molecular flexibility index (Phi) is 15.0. The van der Waals surface area contributed by atoms with Crippen LogP contribution >= 0.6 is 37.2 Å². The largest absolute Gasteiger partial charge is 0.326 e. The third-order valence-corrected chi connectivity index (χ3v) is 2.31. The topological polar surface area (TPSA) is 109 Å². The summed E-state index contributed by atoms with van der Waals surface area (Å²) in [6, 6.07) is 0. The summed E-state index contributed by atoms with van der Waals surface area (Å²) in [4.78, 5) is 0. The molecule has 2 aromatic rings. The van der Waals surface area contributed by atoms with Gasteiger partial charge >= 0.3 is 0 Å². The van der Waals surface area contributed by atoms with Gasteiger partial charge in [0.05, 0.1) is 12.4 Å². The van der Waals surface area contributed by atoms with E-state index in [1.807, 2.05) is 13.8 Å². The Balaban J connectivity index is -0.000000233. The molecule has 9 heteroatoms. The van der Waals surface area contributed by atoms with Gasteiger partial charge in [-0.1, -0.05) is 0 Å². The number of halogens is 3. The Morgan fingerprint density at radius 3 is 1.26 bits per heavy atom. The summed E-state index contributed by atoms with van der Waals surface area (Å²) in [6.45, 7) is 5.05. The molecule has 2 rings (SSSR count). The second-order valence-electron chi connectivity index (χ2n) is 3.45. The molecule has 0 radical (unpaired) electrons. The molecule has 0 aliphatic heterocycles. The van der Waals surface area contributed by atoms with E-state index >= 15 is 0 Å². The number of nitrogens with two attached hydrogens (primary N) is 2. The minimum atomic E-state index is 0. The third kappa shape index (κ3) is 7.39. The number of hydrogen-bond acceptors (Lipinski definition) is 4. The first-order valence-electron chi connectivity index (χ1n) is 5.06. The molecule has 0 unspecified atom stereocenters. The molecule has 0 aliphatic carbocycles. The number of aromatic amines is 2. The highest BCUT2D eigenvalue weighted by Gasteiger charge is 1.93. The summed E-state index contributed by atoms with van der Waals surface area (Å²) in [7, 11) is 0. The Hall–Kier alpha value is -0.790. The van der Waals surface area contributed by atoms with E-state index in [1.165, 1.54) is 0 Å². The quantitative estimate of drug-likeness (QED) is 0.670. The number of aromatic nitrogens is 4. The Labute approximate surface area is 131 Å². The number of aryl methyl sites for hydroxylation is 2. The molecule has 112 valence electrons. The van der Waals surface area contributed by atoms with Crippen LogP contribution in [0.3, 0.4) is 0 Å². The van der Waals surface area contributed by atoms with Crippen LogP contribution in [-0.2, 0) is 13.1 Å². The molecule has 0 bridgehead atoms. The van der Waals surface area contributed by atoms with E-state index in [-0.39, 0.29) is 37.2 Å². The summed E-state index contributed by atoms with van der Waals surface area (Å²) in [6.07, 6.45) is 3.49. The van der Waals surface area contributed by atoms with E-state index in [2.05, 4.69) is 20.4 Å². The van der Waals surface area contributed by atoms with Crippen molar-refractivity contribution in [3.8, 4) is 0 Å². The van der Waals surface area contributed by atoms with E-state index in [1.54, 1.807) is 12.4 Å². The molecule has 0 amide bonds. The average Bonchev–Trinajstić information content (AvgIpc) is 2.87. The molecule has 0 saturated carbocycles. The standard InChI is InChI=1S/2C5H9N3.3ClH/c2*1-4-5(2-6)3-7-8-4;;;/h2*3H,2,6H2,1H3,(H,7,8);3*1H. The second kappa shape index (κ2) is 12.3. The Morgan fingerprint density at radius 2 is 1.16 bits per heavy atom. The van der Waals surface area contributed by atoms with Crippen LogP contribution < -0.4 is 11.5 Å². The van der Waals surface area contributed by atoms with Crippen molar-refractivity contribution in [2.45, 2.75) is 26.9 Å². The average molecular weight is 332 g/mol. The maximum atomic E-state index is 5.34. The second-order valence-corrected chi connectivity index (χ2v) is 3.45. The van der Waals surface area contributed by atoms with Crippen LogP contribution in [0.1, 0.15) is 22.5 Å². The molecular weight excluding hydrogens is 311 g/mol. The van der Waals surface area contributed by atoms with Crippen LogP contribution in [0.25, 0.3) is 0 Å². The first-order chi connectivity index (χ1) is 7.69. The van der Waals surface area contributed by atoms with Crippen molar-refractivity contribution in [2.24, 2.45) is 11.5 Å². The molecule has 6 nitrogen and oxygen atoms in total. The molecule has 0 aliphatic rings. The fourth-order valence-corrected chi connectivity index (χ4v) is 1.16. The highest BCUT2D eigenvalue weighted by molar-refractivity contribution is 5.86. The van der Waals surface area contributed by atoms with Crippen LogP contribution in [0, 0.1) is 13.8 Å². The molecule has 2 aromatic heterocycles. The van der Waals surface area contributed by atoms with Crippen LogP contribution in [0.15, 0.2) is 12.4 Å². The van der Waals surface area contributed by atoms with Crippen molar-refractivity contribution < 1.29 is 0 Å². The molecular formula is C10H21Cl3N6. The van der Waals surface area contributed by atoms with Gasteiger partial charge in [-0.3, -0.25) is 10.2 Å². The van der Waals surface area contributed by atoms with E-state index < -0.39 is 0 Å². The van der Waals surface area contributed by atoms with Crippen molar-refractivity contribution in [3.63, 3.8) is 0 Å². The number of hydrogen-bond donors (Lipinski definition) is 4. The van der Waals surface area contributed by atoms with Gasteiger partial charge in [0.2, 0.25) is 0 Å². The first-order valence-corrected chi connectivity index (χ1v) is 5.06. The lowest BCUT2D eigenvalue weighted by Gasteiger charge is -1.86. The minimum absolute atomic E-state index is 0. The number of H-pyrrole nitrogens is 2. The van der Waals surface area contributed by atoms with Crippen LogP contribution in [0.5, 0.6) is 0 Å². The normalized spacial score (nSPS) is 8.21. The van der Waals surface area contributed by atoms with Crippen molar-refractivity contribution >= 4 is 37.2 Å². The van der Waals surface area contributed by atoms with Crippen molar-refractivity contribution in [1.29, 1.82) is 0 Å². The van der Waals surface area contributed by atoms with Crippen molar-refractivity contribution in [1.82, 2.24) is 20.4 Å². The molecule has 2 heterocycles. The van der Waals surface area contributed by atoms with E-state index in [0.717, 1.165) is 22.5 Å². The van der Waals surface area contributed by atoms with Crippen LogP contribution in [0.4, 0.5) is 0 Å². The van der Waals surface area contributed by atoms with E-state index in [0.29, 0.717) is 13.1 Å². The van der Waals surface area contributed by atoms with Gasteiger partial charge in [0.15, 0.2) is 0 Å². The van der Waals surface area contributed by atoms with Gasteiger partial charge in [-0.15, -0.1) is 37.2 Å². The highest BCUT2D eigenvalue weighted by atomic mass is 35.5. The first kappa shape index (κ1) is 23.3. The Morgan fingerprint density at radius 1 is 0.842 bits per heavy atom. The zero-order chi connectivity index (χ0) is 12.0. The number of rotatable bonds is 2. The SMILES string of the molecule is Cc1[nH]ncc1CN.Cc1[nH]ncc1CN.Cl.Cl.Cl. The highest BCUT2D eigenvalue weighted by Crippen LogP contribution is 1.99. The molecule has 0 saturated heterocycles. The lowest BCUT2D eigenvalue weighted by Crippen LogP contribution is -1.95. The fraction of sp³-hybridized carbons (Fsp3) is 0.400. The lowest BCUT2D eigenvalue weighted by atomic mass is 10.3. The minimum Gasteiger partial charge on any atom is -0.326 e. The summed E-state index contributed by atoms with van der Waals surface area (Å²) < 4.78 is 0. The summed E-state index contributed by atoms with van der Waals surface area (Å²) in [5.41, 5.74) is 15.0. The van der Waals surface area contributed by atoms with Crippen LogP contribution in [-0.4, -0.2) is 20.4 Å². The van der Waals surface area contributed by atoms with E-state index in [9.17, 15) is 0 Å². The van der Waals surface area contributed by atoms with Gasteiger partial charge in [0.25, 0.3) is 0 Å². The number of nitrogens with zero attached hydrogens (tertiary/aromatic N) is 2. The fourth-order valence-electron chi connectivity index (χ4n) is 1.16. The molecule has 6 N–H and O–H groups in total. The van der Waals surface area contributed by atoms with E-state index in [4.69, 9.17) is 11.5 Å². The van der Waals surface area contributed by atoms with Gasteiger partial charge in [0, 0.05) is 35.6 Å². The van der Waals surface area contributed by atoms with Gasteiger partial charge in [0.1, 0.15) is 0 Å². The lowest BCUT2D eigenvalue weighted by molar-refractivity contribution is 1.02. The van der Waals surface area contributed by atoms with Crippen molar-refractivity contribution in [3.05, 3.63) is 34.9 Å². The van der Waals surface area contributed by atoms with Gasteiger partial charge in [-0.25, -0.2) is 0 Å². The van der Waals surface area contributed by atoms with Crippen LogP contribution in [0.2, 0.25) is 0 Å². The number of nitrogens with one attached hydrogen (secondary N) is 2. The molecule has 0 spiro atoms. The molecule has 0 fully saturated rings. The summed E-state index contributed by atoms with van der Waals surface area (Å²) in [5, 5.41) is 13.2. The molecule has 19 heavy (non-hydrogen) atoms. The smallest absolute Gasteiger partial charge is 0.0534 e. The zero-order valence-corrected chi connectivity index (χ0v) is 13.3. The monoisotopic (exact) mass is 330 g/mol. The van der Waals surface area contributed by atoms with Gasteiger partial charge < -0.3 is 11.5 Å². The maximum absolute atomic E-state index is 5.34. The third-order valence-electron chi connectivity index (χ3n) is 2.31. The van der Waals surface area contributed by atoms with Gasteiger partial charge in [-0.05, 0) is 13.8 Å². The molecule has 0 aromatic carbocycles. The maximum Gasteiger partial charge on any atom is 0.0534 e. The Bertz CT molecular complexity index is 388. The summed E-state index contributed by atoms with van der Waals surface area (Å²) in [5.74, 6) is 0. The predicted octanol–water partition coefficient (Wildman–Crippen LogP) is 1.62. The van der Waals surface area contributed by atoms with Crippen molar-refractivity contribution in [2.75, 3.05) is 0 Å². The predicted molar refractivity (Wildman–Crippen MR) is 84.2 cm³/mol. The van der Waals surface area contributed by atoms with Gasteiger partial charge in [-0.2, -0.15) is 10.2 Å². The molecule has 0 atom stereocenters. The zero-order valence-electron chi connectivity index (χ0n) is 10.8. The summed E-state index contributed by atoms with van der Waals surface area (Å²) >= 11 is 0.